The van der Waals surface area contributed by atoms with Gasteiger partial charge in [-0.05, 0) is 20.3 Å². The maximum Gasteiger partial charge on any atom is 0.0848 e. The number of aryl methyl sites for hydroxylation is 2. The molecule has 0 bridgehead atoms. The van der Waals surface area contributed by atoms with E-state index in [4.69, 9.17) is 11.6 Å². The van der Waals surface area contributed by atoms with Crippen molar-refractivity contribution < 1.29 is 5.11 Å². The van der Waals surface area contributed by atoms with Crippen molar-refractivity contribution >= 4 is 11.6 Å². The molecular formula is C10H17ClN2O. The topological polar surface area (TPSA) is 38.1 Å². The smallest absolute Gasteiger partial charge is 0.0848 e. The first kappa shape index (κ1) is 11.5. The first-order valence-corrected chi connectivity index (χ1v) is 5.15. The van der Waals surface area contributed by atoms with Crippen molar-refractivity contribution in [3.8, 4) is 0 Å². The van der Waals surface area contributed by atoms with E-state index in [0.29, 0.717) is 17.9 Å². The Balaban J connectivity index is 2.97. The molecule has 3 nitrogen and oxygen atoms in total. The number of hydrogen-bond acceptors (Lipinski definition) is 2. The minimum Gasteiger partial charge on any atom is -0.390 e. The van der Waals surface area contributed by atoms with Crippen LogP contribution < -0.4 is 0 Å². The average Bonchev–Trinajstić information content (AvgIpc) is 2.32. The SMILES string of the molecule is CCC(C)(O)Cc1c(Cl)c(C)nn1C. The van der Waals surface area contributed by atoms with Crippen molar-refractivity contribution in [1.82, 2.24) is 9.78 Å². The van der Waals surface area contributed by atoms with E-state index in [-0.39, 0.29) is 0 Å². The fourth-order valence-electron chi connectivity index (χ4n) is 1.36. The zero-order valence-electron chi connectivity index (χ0n) is 9.13. The number of rotatable bonds is 3. The average molecular weight is 217 g/mol. The predicted octanol–water partition coefficient (Wildman–Crippen LogP) is 2.09. The highest BCUT2D eigenvalue weighted by Gasteiger charge is 2.23. The Morgan fingerprint density at radius 3 is 2.50 bits per heavy atom. The summed E-state index contributed by atoms with van der Waals surface area (Å²) in [6.07, 6.45) is 1.24. The van der Waals surface area contributed by atoms with E-state index in [2.05, 4.69) is 5.10 Å². The molecule has 0 saturated heterocycles. The summed E-state index contributed by atoms with van der Waals surface area (Å²) in [6.45, 7) is 5.63. The van der Waals surface area contributed by atoms with Crippen LogP contribution in [-0.2, 0) is 13.5 Å². The summed E-state index contributed by atoms with van der Waals surface area (Å²) in [5, 5.41) is 14.8. The second-order valence-electron chi connectivity index (χ2n) is 4.00. The van der Waals surface area contributed by atoms with Crippen LogP contribution in [0.2, 0.25) is 5.02 Å². The van der Waals surface area contributed by atoms with E-state index in [1.54, 1.807) is 4.68 Å². The van der Waals surface area contributed by atoms with Gasteiger partial charge in [0.2, 0.25) is 0 Å². The van der Waals surface area contributed by atoms with Crippen LogP contribution in [0.25, 0.3) is 0 Å². The van der Waals surface area contributed by atoms with Crippen molar-refractivity contribution in [2.75, 3.05) is 0 Å². The molecule has 1 heterocycles. The molecule has 0 saturated carbocycles. The summed E-state index contributed by atoms with van der Waals surface area (Å²) in [6, 6.07) is 0. The van der Waals surface area contributed by atoms with Crippen molar-refractivity contribution in [2.45, 2.75) is 39.2 Å². The second kappa shape index (κ2) is 3.91. The van der Waals surface area contributed by atoms with Crippen LogP contribution in [-0.4, -0.2) is 20.5 Å². The van der Waals surface area contributed by atoms with Crippen molar-refractivity contribution in [3.05, 3.63) is 16.4 Å². The van der Waals surface area contributed by atoms with Gasteiger partial charge in [0.15, 0.2) is 0 Å². The molecule has 0 aliphatic carbocycles. The van der Waals surface area contributed by atoms with Crippen LogP contribution in [0.5, 0.6) is 0 Å². The lowest BCUT2D eigenvalue weighted by Gasteiger charge is -2.21. The lowest BCUT2D eigenvalue weighted by atomic mass is 9.97. The third-order valence-electron chi connectivity index (χ3n) is 2.57. The van der Waals surface area contributed by atoms with E-state index >= 15 is 0 Å². The second-order valence-corrected chi connectivity index (χ2v) is 4.37. The van der Waals surface area contributed by atoms with Gasteiger partial charge in [-0.25, -0.2) is 0 Å². The van der Waals surface area contributed by atoms with Crippen LogP contribution in [0, 0.1) is 6.92 Å². The van der Waals surface area contributed by atoms with Gasteiger partial charge in [0.05, 0.1) is 22.0 Å². The van der Waals surface area contributed by atoms with E-state index in [1.807, 2.05) is 27.8 Å². The van der Waals surface area contributed by atoms with Gasteiger partial charge in [-0.3, -0.25) is 4.68 Å². The normalized spacial score (nSPS) is 15.6. The van der Waals surface area contributed by atoms with Gasteiger partial charge in [-0.15, -0.1) is 0 Å². The third-order valence-corrected chi connectivity index (χ3v) is 3.06. The zero-order valence-corrected chi connectivity index (χ0v) is 9.89. The molecule has 80 valence electrons. The highest BCUT2D eigenvalue weighted by molar-refractivity contribution is 6.31. The molecule has 1 atom stereocenters. The summed E-state index contributed by atoms with van der Waals surface area (Å²) < 4.78 is 1.74. The van der Waals surface area contributed by atoms with Crippen LogP contribution in [0.1, 0.15) is 31.7 Å². The molecule has 1 rings (SSSR count). The standard InChI is InChI=1S/C10H17ClN2O/c1-5-10(3,14)6-8-9(11)7(2)12-13(8)4/h14H,5-6H2,1-4H3. The molecule has 0 aromatic carbocycles. The maximum absolute atomic E-state index is 9.94. The molecule has 14 heavy (non-hydrogen) atoms. The highest BCUT2D eigenvalue weighted by atomic mass is 35.5. The van der Waals surface area contributed by atoms with Crippen LogP contribution >= 0.6 is 11.6 Å². The molecule has 0 amide bonds. The third kappa shape index (κ3) is 2.28. The molecule has 0 aliphatic heterocycles. The largest absolute Gasteiger partial charge is 0.390 e. The summed E-state index contributed by atoms with van der Waals surface area (Å²) in [5.41, 5.74) is 1.01. The highest BCUT2D eigenvalue weighted by Crippen LogP contribution is 2.24. The minimum absolute atomic E-state index is 0.541. The first-order chi connectivity index (χ1) is 6.37. The van der Waals surface area contributed by atoms with E-state index in [1.165, 1.54) is 0 Å². The molecule has 1 aromatic rings. The zero-order chi connectivity index (χ0) is 10.9. The van der Waals surface area contributed by atoms with E-state index in [0.717, 1.165) is 11.4 Å². The number of nitrogens with zero attached hydrogens (tertiary/aromatic N) is 2. The molecule has 0 radical (unpaired) electrons. The maximum atomic E-state index is 9.94. The van der Waals surface area contributed by atoms with E-state index in [9.17, 15) is 5.11 Å². The lowest BCUT2D eigenvalue weighted by Crippen LogP contribution is -2.27. The Hall–Kier alpha value is -0.540. The molecular weight excluding hydrogens is 200 g/mol. The number of hydrogen-bond donors (Lipinski definition) is 1. The molecule has 0 spiro atoms. The monoisotopic (exact) mass is 216 g/mol. The first-order valence-electron chi connectivity index (χ1n) is 4.77. The minimum atomic E-state index is -0.704. The molecule has 1 aromatic heterocycles. The molecule has 0 fully saturated rings. The Morgan fingerprint density at radius 2 is 2.14 bits per heavy atom. The van der Waals surface area contributed by atoms with E-state index < -0.39 is 5.60 Å². The van der Waals surface area contributed by atoms with Crippen molar-refractivity contribution in [2.24, 2.45) is 7.05 Å². The number of aliphatic hydroxyl groups is 1. The van der Waals surface area contributed by atoms with Gasteiger partial charge in [0.25, 0.3) is 0 Å². The Labute approximate surface area is 89.7 Å². The van der Waals surface area contributed by atoms with Crippen molar-refractivity contribution in [3.63, 3.8) is 0 Å². The summed E-state index contributed by atoms with van der Waals surface area (Å²) in [5.74, 6) is 0. The van der Waals surface area contributed by atoms with Gasteiger partial charge in [0, 0.05) is 13.5 Å². The summed E-state index contributed by atoms with van der Waals surface area (Å²) >= 11 is 6.08. The predicted molar refractivity (Wildman–Crippen MR) is 57.6 cm³/mol. The van der Waals surface area contributed by atoms with Crippen molar-refractivity contribution in [1.29, 1.82) is 0 Å². The Morgan fingerprint density at radius 1 is 1.57 bits per heavy atom. The molecule has 4 heteroatoms. The van der Waals surface area contributed by atoms with Crippen LogP contribution in [0.3, 0.4) is 0 Å². The molecule has 1 unspecified atom stereocenters. The van der Waals surface area contributed by atoms with Gasteiger partial charge in [-0.2, -0.15) is 5.10 Å². The lowest BCUT2D eigenvalue weighted by molar-refractivity contribution is 0.0545. The molecule has 1 N–H and O–H groups in total. The molecule has 0 aliphatic rings. The number of aromatic nitrogens is 2. The summed E-state index contributed by atoms with van der Waals surface area (Å²) in [7, 11) is 1.85. The van der Waals surface area contributed by atoms with Crippen LogP contribution in [0.4, 0.5) is 0 Å². The Kier molecular flexibility index (Phi) is 3.22. The fourth-order valence-corrected chi connectivity index (χ4v) is 1.58. The number of halogens is 1. The van der Waals surface area contributed by atoms with Gasteiger partial charge >= 0.3 is 0 Å². The fraction of sp³-hybridized carbons (Fsp3) is 0.700. The van der Waals surface area contributed by atoms with Gasteiger partial charge in [0.1, 0.15) is 0 Å². The van der Waals surface area contributed by atoms with Gasteiger partial charge < -0.3 is 5.11 Å². The van der Waals surface area contributed by atoms with Crippen LogP contribution in [0.15, 0.2) is 0 Å². The quantitative estimate of drug-likeness (QED) is 0.840. The van der Waals surface area contributed by atoms with Gasteiger partial charge in [-0.1, -0.05) is 18.5 Å². The summed E-state index contributed by atoms with van der Waals surface area (Å²) in [4.78, 5) is 0. The Bertz CT molecular complexity index is 331.